The maximum atomic E-state index is 14.0. The van der Waals surface area contributed by atoms with Crippen LogP contribution in [0.5, 0.6) is 0 Å². The third-order valence-corrected chi connectivity index (χ3v) is 4.52. The van der Waals surface area contributed by atoms with Crippen LogP contribution in [0.15, 0.2) is 30.3 Å². The van der Waals surface area contributed by atoms with E-state index in [2.05, 4.69) is 0 Å². The van der Waals surface area contributed by atoms with E-state index in [1.807, 2.05) is 35.2 Å². The highest BCUT2D eigenvalue weighted by molar-refractivity contribution is 5.77. The summed E-state index contributed by atoms with van der Waals surface area (Å²) in [6.45, 7) is 2.43. The Hall–Kier alpha value is -1.49. The Balaban J connectivity index is 1.83. The molecule has 1 aliphatic heterocycles. The molecule has 0 amide bonds. The van der Waals surface area contributed by atoms with Gasteiger partial charge in [0, 0.05) is 19.0 Å². The van der Waals surface area contributed by atoms with Gasteiger partial charge in [0.25, 0.3) is 5.92 Å². The summed E-state index contributed by atoms with van der Waals surface area (Å²) in [5.41, 5.74) is 1.03. The molecule has 3 rings (SSSR count). The molecule has 1 saturated heterocycles. The molecular formula is C16H19F2NO2. The SMILES string of the molecule is CCOC(=O)[C@@H]1[C@@H]2C[C@@H](CC2(F)F)N1Cc1ccccc1. The summed E-state index contributed by atoms with van der Waals surface area (Å²) in [7, 11) is 0. The first-order valence-electron chi connectivity index (χ1n) is 7.37. The number of esters is 1. The molecule has 1 saturated carbocycles. The van der Waals surface area contributed by atoms with Crippen LogP contribution in [0.2, 0.25) is 0 Å². The molecule has 2 bridgehead atoms. The van der Waals surface area contributed by atoms with Crippen molar-refractivity contribution in [3.8, 4) is 0 Å². The van der Waals surface area contributed by atoms with Gasteiger partial charge in [0.2, 0.25) is 0 Å². The van der Waals surface area contributed by atoms with Crippen LogP contribution >= 0.6 is 0 Å². The van der Waals surface area contributed by atoms with Crippen molar-refractivity contribution in [1.29, 1.82) is 0 Å². The summed E-state index contributed by atoms with van der Waals surface area (Å²) in [4.78, 5) is 14.0. The number of benzene rings is 1. The van der Waals surface area contributed by atoms with Crippen molar-refractivity contribution in [2.75, 3.05) is 6.61 Å². The molecule has 0 spiro atoms. The van der Waals surface area contributed by atoms with E-state index in [9.17, 15) is 13.6 Å². The van der Waals surface area contributed by atoms with Gasteiger partial charge in [0.15, 0.2) is 0 Å². The highest BCUT2D eigenvalue weighted by Gasteiger charge is 2.63. The third-order valence-electron chi connectivity index (χ3n) is 4.52. The van der Waals surface area contributed by atoms with E-state index in [-0.39, 0.29) is 19.1 Å². The Morgan fingerprint density at radius 2 is 2.10 bits per heavy atom. The minimum absolute atomic E-state index is 0.152. The highest BCUT2D eigenvalue weighted by atomic mass is 19.3. The topological polar surface area (TPSA) is 29.5 Å². The lowest BCUT2D eigenvalue weighted by molar-refractivity contribution is -0.162. The lowest BCUT2D eigenvalue weighted by Crippen LogP contribution is -2.52. The predicted octanol–water partition coefficient (Wildman–Crippen LogP) is 2.85. The molecule has 21 heavy (non-hydrogen) atoms. The number of halogens is 2. The number of nitrogens with zero attached hydrogens (tertiary/aromatic N) is 1. The number of hydrogen-bond acceptors (Lipinski definition) is 3. The monoisotopic (exact) mass is 295 g/mol. The molecule has 0 radical (unpaired) electrons. The van der Waals surface area contributed by atoms with Gasteiger partial charge in [0.1, 0.15) is 6.04 Å². The normalized spacial score (nSPS) is 30.5. The molecular weight excluding hydrogens is 276 g/mol. The maximum absolute atomic E-state index is 14.0. The van der Waals surface area contributed by atoms with Crippen molar-refractivity contribution in [3.05, 3.63) is 35.9 Å². The Kier molecular flexibility index (Phi) is 3.69. The number of piperidine rings is 1. The number of ether oxygens (including phenoxy) is 1. The average molecular weight is 295 g/mol. The molecule has 114 valence electrons. The fraction of sp³-hybridized carbons (Fsp3) is 0.562. The third kappa shape index (κ3) is 2.55. The van der Waals surface area contributed by atoms with E-state index in [0.717, 1.165) is 5.56 Å². The fourth-order valence-electron chi connectivity index (χ4n) is 3.63. The molecule has 1 heterocycles. The smallest absolute Gasteiger partial charge is 0.323 e. The van der Waals surface area contributed by atoms with Crippen LogP contribution in [0.3, 0.4) is 0 Å². The molecule has 1 aromatic rings. The first-order valence-corrected chi connectivity index (χ1v) is 7.37. The summed E-state index contributed by atoms with van der Waals surface area (Å²) in [6, 6.07) is 8.59. The quantitative estimate of drug-likeness (QED) is 0.800. The first-order chi connectivity index (χ1) is 10.0. The van der Waals surface area contributed by atoms with Crippen LogP contribution in [0.4, 0.5) is 8.78 Å². The first kappa shape index (κ1) is 14.4. The second kappa shape index (κ2) is 5.37. The summed E-state index contributed by atoms with van der Waals surface area (Å²) >= 11 is 0. The van der Waals surface area contributed by atoms with Crippen LogP contribution in [0, 0.1) is 5.92 Å². The Morgan fingerprint density at radius 3 is 2.76 bits per heavy atom. The van der Waals surface area contributed by atoms with Gasteiger partial charge in [-0.2, -0.15) is 0 Å². The van der Waals surface area contributed by atoms with Crippen molar-refractivity contribution in [1.82, 2.24) is 4.90 Å². The molecule has 1 aliphatic carbocycles. The molecule has 3 atom stereocenters. The van der Waals surface area contributed by atoms with Gasteiger partial charge in [-0.05, 0) is 18.9 Å². The van der Waals surface area contributed by atoms with E-state index >= 15 is 0 Å². The number of fused-ring (bicyclic) bond motifs is 2. The predicted molar refractivity (Wildman–Crippen MR) is 73.9 cm³/mol. The van der Waals surface area contributed by atoms with Crippen LogP contribution in [-0.2, 0) is 16.1 Å². The Labute approximate surface area is 122 Å². The van der Waals surface area contributed by atoms with Gasteiger partial charge >= 0.3 is 5.97 Å². The minimum Gasteiger partial charge on any atom is -0.465 e. The van der Waals surface area contributed by atoms with Crippen LogP contribution in [-0.4, -0.2) is 35.5 Å². The van der Waals surface area contributed by atoms with E-state index in [1.54, 1.807) is 6.92 Å². The van der Waals surface area contributed by atoms with Crippen LogP contribution < -0.4 is 0 Å². The van der Waals surface area contributed by atoms with Crippen molar-refractivity contribution in [2.45, 2.75) is 44.3 Å². The van der Waals surface area contributed by atoms with Gasteiger partial charge < -0.3 is 4.74 Å². The molecule has 5 heteroatoms. The lowest BCUT2D eigenvalue weighted by Gasteiger charge is -2.37. The summed E-state index contributed by atoms with van der Waals surface area (Å²) < 4.78 is 33.0. The number of hydrogen-bond donors (Lipinski definition) is 0. The largest absolute Gasteiger partial charge is 0.465 e. The zero-order chi connectivity index (χ0) is 15.0. The number of likely N-dealkylation sites (tertiary alicyclic amines) is 1. The van der Waals surface area contributed by atoms with Crippen molar-refractivity contribution < 1.29 is 18.3 Å². The summed E-state index contributed by atoms with van der Waals surface area (Å²) in [5.74, 6) is -4.18. The van der Waals surface area contributed by atoms with E-state index in [4.69, 9.17) is 4.74 Å². The van der Waals surface area contributed by atoms with Crippen molar-refractivity contribution >= 4 is 5.97 Å². The van der Waals surface area contributed by atoms with E-state index < -0.39 is 23.9 Å². The summed E-state index contributed by atoms with van der Waals surface area (Å²) in [6.07, 6.45) is 0.226. The zero-order valence-electron chi connectivity index (χ0n) is 12.0. The molecule has 2 fully saturated rings. The van der Waals surface area contributed by atoms with Gasteiger partial charge in [-0.1, -0.05) is 30.3 Å². The number of carbonyl (C=O) groups excluding carboxylic acids is 1. The van der Waals surface area contributed by atoms with Gasteiger partial charge in [-0.15, -0.1) is 0 Å². The van der Waals surface area contributed by atoms with Gasteiger partial charge in [0.05, 0.1) is 12.5 Å². The van der Waals surface area contributed by atoms with Crippen molar-refractivity contribution in [2.24, 2.45) is 5.92 Å². The molecule has 0 unspecified atom stereocenters. The average Bonchev–Trinajstić information content (AvgIpc) is 2.93. The van der Waals surface area contributed by atoms with Crippen molar-refractivity contribution in [3.63, 3.8) is 0 Å². The molecule has 3 nitrogen and oxygen atoms in total. The Morgan fingerprint density at radius 1 is 1.38 bits per heavy atom. The number of carbonyl (C=O) groups is 1. The minimum atomic E-state index is -2.75. The summed E-state index contributed by atoms with van der Waals surface area (Å²) in [5, 5.41) is 0. The Bertz CT molecular complexity index is 520. The lowest BCUT2D eigenvalue weighted by atomic mass is 9.94. The maximum Gasteiger partial charge on any atom is 0.323 e. The van der Waals surface area contributed by atoms with Crippen LogP contribution in [0.1, 0.15) is 25.3 Å². The standard InChI is InChI=1S/C16H19F2NO2/c1-2-21-15(20)14-13-8-12(9-16(13,17)18)19(14)10-11-6-4-3-5-7-11/h3-7,12-14H,2,8-10H2,1H3/t12-,13-,14-/m0/s1. The zero-order valence-corrected chi connectivity index (χ0v) is 12.0. The fourth-order valence-corrected chi connectivity index (χ4v) is 3.63. The highest BCUT2D eigenvalue weighted by Crippen LogP contribution is 2.52. The second-order valence-corrected chi connectivity index (χ2v) is 5.82. The molecule has 0 N–H and O–H groups in total. The van der Waals surface area contributed by atoms with E-state index in [0.29, 0.717) is 13.0 Å². The van der Waals surface area contributed by atoms with E-state index in [1.165, 1.54) is 0 Å². The molecule has 1 aromatic carbocycles. The number of alkyl halides is 2. The molecule has 2 aliphatic rings. The second-order valence-electron chi connectivity index (χ2n) is 5.82. The van der Waals surface area contributed by atoms with Gasteiger partial charge in [-0.25, -0.2) is 8.78 Å². The van der Waals surface area contributed by atoms with Crippen LogP contribution in [0.25, 0.3) is 0 Å². The van der Waals surface area contributed by atoms with Gasteiger partial charge in [-0.3, -0.25) is 9.69 Å². The molecule has 0 aromatic heterocycles. The number of rotatable bonds is 4.